The van der Waals surface area contributed by atoms with E-state index in [0.717, 1.165) is 4.68 Å². The van der Waals surface area contributed by atoms with Crippen LogP contribution >= 0.6 is 0 Å². The normalized spacial score (nSPS) is 12.1. The number of carbonyl (C=O) groups is 1. The number of halogens is 2. The van der Waals surface area contributed by atoms with E-state index in [2.05, 4.69) is 10.4 Å². The Hall–Kier alpha value is -2.97. The lowest BCUT2D eigenvalue weighted by Gasteiger charge is -2.19. The molecule has 1 aromatic heterocycles. The van der Waals surface area contributed by atoms with E-state index in [1.54, 1.807) is 20.8 Å². The summed E-state index contributed by atoms with van der Waals surface area (Å²) >= 11 is 0. The molecule has 9 heteroatoms. The molecule has 0 radical (unpaired) electrons. The van der Waals surface area contributed by atoms with Gasteiger partial charge in [-0.25, -0.2) is 27.6 Å². The molecule has 0 aliphatic heterocycles. The Morgan fingerprint density at radius 2 is 1.96 bits per heavy atom. The molecule has 1 aromatic carbocycles. The number of nitrogens with zero attached hydrogens (tertiary/aromatic N) is 3. The van der Waals surface area contributed by atoms with E-state index in [-0.39, 0.29) is 18.7 Å². The minimum absolute atomic E-state index is 0.127. The van der Waals surface area contributed by atoms with E-state index in [1.807, 2.05) is 0 Å². The Labute approximate surface area is 148 Å². The van der Waals surface area contributed by atoms with Crippen molar-refractivity contribution in [2.75, 3.05) is 6.54 Å². The van der Waals surface area contributed by atoms with Crippen molar-refractivity contribution in [2.45, 2.75) is 32.9 Å². The molecule has 2 rings (SSSR count). The van der Waals surface area contributed by atoms with Crippen LogP contribution in [0.3, 0.4) is 0 Å². The first-order valence-electron chi connectivity index (χ1n) is 7.85. The molecular weight excluding hydrogens is 346 g/mol. The van der Waals surface area contributed by atoms with Crippen LogP contribution in [0.1, 0.15) is 20.8 Å². The number of rotatable bonds is 5. The van der Waals surface area contributed by atoms with E-state index < -0.39 is 23.2 Å². The number of aromatic nitrogens is 3. The molecule has 0 fully saturated rings. The summed E-state index contributed by atoms with van der Waals surface area (Å²) in [6, 6.07) is 5.30. The van der Waals surface area contributed by atoms with Crippen LogP contribution in [0.15, 0.2) is 47.3 Å². The van der Waals surface area contributed by atoms with Gasteiger partial charge in [0.25, 0.3) is 0 Å². The first-order chi connectivity index (χ1) is 12.2. The van der Waals surface area contributed by atoms with Crippen LogP contribution < -0.4 is 11.0 Å². The van der Waals surface area contributed by atoms with Gasteiger partial charge in [-0.1, -0.05) is 0 Å². The molecule has 0 aliphatic rings. The minimum Gasteiger partial charge on any atom is -0.444 e. The zero-order chi connectivity index (χ0) is 19.3. The third-order valence-electron chi connectivity index (χ3n) is 3.20. The molecule has 0 atom stereocenters. The highest BCUT2D eigenvalue weighted by molar-refractivity contribution is 5.68. The maximum atomic E-state index is 13.1. The lowest BCUT2D eigenvalue weighted by Crippen LogP contribution is -2.34. The van der Waals surface area contributed by atoms with Gasteiger partial charge in [0.2, 0.25) is 0 Å². The van der Waals surface area contributed by atoms with E-state index in [4.69, 9.17) is 4.74 Å². The predicted molar refractivity (Wildman–Crippen MR) is 91.2 cm³/mol. The van der Waals surface area contributed by atoms with Crippen molar-refractivity contribution in [1.29, 1.82) is 0 Å². The van der Waals surface area contributed by atoms with Gasteiger partial charge < -0.3 is 10.1 Å². The molecule has 0 spiro atoms. The number of amides is 1. The van der Waals surface area contributed by atoms with Crippen LogP contribution in [0.4, 0.5) is 13.6 Å². The quantitative estimate of drug-likeness (QED) is 0.882. The third kappa shape index (κ3) is 5.27. The molecule has 7 nitrogen and oxygen atoms in total. The summed E-state index contributed by atoms with van der Waals surface area (Å²) in [5, 5.41) is 6.32. The number of benzene rings is 1. The second-order valence-corrected chi connectivity index (χ2v) is 6.54. The fourth-order valence-electron chi connectivity index (χ4n) is 2.05. The van der Waals surface area contributed by atoms with Crippen LogP contribution in [0, 0.1) is 5.82 Å². The maximum Gasteiger partial charge on any atom is 0.407 e. The van der Waals surface area contributed by atoms with Crippen molar-refractivity contribution in [1.82, 2.24) is 19.7 Å². The van der Waals surface area contributed by atoms with Gasteiger partial charge in [-0.15, -0.1) is 0 Å². The van der Waals surface area contributed by atoms with Gasteiger partial charge in [-0.05, 0) is 50.6 Å². The Morgan fingerprint density at radius 3 is 2.54 bits per heavy atom. The molecule has 2 aromatic rings. The van der Waals surface area contributed by atoms with Crippen molar-refractivity contribution < 1.29 is 18.3 Å². The van der Waals surface area contributed by atoms with Crippen LogP contribution in [0.25, 0.3) is 5.69 Å². The molecule has 140 valence electrons. The Bertz CT molecular complexity index is 848. The lowest BCUT2D eigenvalue weighted by atomic mass is 10.2. The second kappa shape index (κ2) is 7.94. The molecular formula is C17H20F2N4O3. The summed E-state index contributed by atoms with van der Waals surface area (Å²) in [6.45, 7) is 4.83. The SMILES string of the molecule is CC(C)(C)OC(=O)NCC(=CF)Cn1ncn(-c2ccc(F)cc2)c1=O. The summed E-state index contributed by atoms with van der Waals surface area (Å²) in [5.74, 6) is -0.426. The average molecular weight is 366 g/mol. The average Bonchev–Trinajstić information content (AvgIpc) is 2.91. The van der Waals surface area contributed by atoms with Gasteiger partial charge in [0.15, 0.2) is 0 Å². The summed E-state index contributed by atoms with van der Waals surface area (Å²) in [4.78, 5) is 24.0. The number of ether oxygens (including phenoxy) is 1. The summed E-state index contributed by atoms with van der Waals surface area (Å²) < 4.78 is 33.4. The Morgan fingerprint density at radius 1 is 1.31 bits per heavy atom. The zero-order valence-electron chi connectivity index (χ0n) is 14.7. The van der Waals surface area contributed by atoms with Crippen molar-refractivity contribution >= 4 is 6.09 Å². The highest BCUT2D eigenvalue weighted by atomic mass is 19.1. The van der Waals surface area contributed by atoms with E-state index in [9.17, 15) is 18.4 Å². The van der Waals surface area contributed by atoms with Crippen LogP contribution in [0.2, 0.25) is 0 Å². The fourth-order valence-corrected chi connectivity index (χ4v) is 2.05. The molecule has 0 unspecified atom stereocenters. The zero-order valence-corrected chi connectivity index (χ0v) is 14.7. The Kier molecular flexibility index (Phi) is 5.91. The number of hydrogen-bond acceptors (Lipinski definition) is 4. The molecule has 1 N–H and O–H groups in total. The fraction of sp³-hybridized carbons (Fsp3) is 0.353. The minimum atomic E-state index is -0.693. The van der Waals surface area contributed by atoms with E-state index >= 15 is 0 Å². The van der Waals surface area contributed by atoms with E-state index in [1.165, 1.54) is 35.2 Å². The van der Waals surface area contributed by atoms with Gasteiger partial charge in [-0.3, -0.25) is 0 Å². The number of nitrogens with one attached hydrogen (secondary N) is 1. The monoisotopic (exact) mass is 366 g/mol. The first kappa shape index (κ1) is 19.4. The number of carbonyl (C=O) groups excluding carboxylic acids is 1. The van der Waals surface area contributed by atoms with Gasteiger partial charge in [0, 0.05) is 6.54 Å². The smallest absolute Gasteiger partial charge is 0.407 e. The van der Waals surface area contributed by atoms with Crippen molar-refractivity contribution in [2.24, 2.45) is 0 Å². The van der Waals surface area contributed by atoms with Gasteiger partial charge in [0.1, 0.15) is 17.7 Å². The molecule has 0 saturated heterocycles. The molecule has 0 bridgehead atoms. The molecule has 1 amide bonds. The summed E-state index contributed by atoms with van der Waals surface area (Å²) in [6.07, 6.45) is 0.869. The van der Waals surface area contributed by atoms with Gasteiger partial charge in [0.05, 0.1) is 18.6 Å². The van der Waals surface area contributed by atoms with Gasteiger partial charge in [-0.2, -0.15) is 5.10 Å². The molecule has 0 aliphatic carbocycles. The lowest BCUT2D eigenvalue weighted by molar-refractivity contribution is 0.0532. The van der Waals surface area contributed by atoms with Crippen molar-refractivity contribution in [3.8, 4) is 5.69 Å². The molecule has 26 heavy (non-hydrogen) atoms. The number of hydrogen-bond donors (Lipinski definition) is 1. The Balaban J connectivity index is 2.04. The van der Waals surface area contributed by atoms with Crippen molar-refractivity contribution in [3.05, 3.63) is 58.8 Å². The summed E-state index contributed by atoms with van der Waals surface area (Å²) in [7, 11) is 0. The maximum absolute atomic E-state index is 13.1. The van der Waals surface area contributed by atoms with Crippen LogP contribution in [-0.4, -0.2) is 32.6 Å². The molecule has 1 heterocycles. The summed E-state index contributed by atoms with van der Waals surface area (Å²) in [5.41, 5.74) is -0.634. The second-order valence-electron chi connectivity index (χ2n) is 6.54. The highest BCUT2D eigenvalue weighted by Crippen LogP contribution is 2.08. The van der Waals surface area contributed by atoms with Crippen LogP contribution in [-0.2, 0) is 11.3 Å². The largest absolute Gasteiger partial charge is 0.444 e. The van der Waals surface area contributed by atoms with E-state index in [0.29, 0.717) is 12.0 Å². The van der Waals surface area contributed by atoms with Gasteiger partial charge >= 0.3 is 11.8 Å². The molecule has 0 saturated carbocycles. The third-order valence-corrected chi connectivity index (χ3v) is 3.20. The topological polar surface area (TPSA) is 78.2 Å². The van der Waals surface area contributed by atoms with Crippen LogP contribution in [0.5, 0.6) is 0 Å². The highest BCUT2D eigenvalue weighted by Gasteiger charge is 2.16. The standard InChI is InChI=1S/C17H20F2N4O3/c1-17(2,3)26-15(24)20-9-12(8-18)10-23-16(25)22(11-21-23)14-6-4-13(19)5-7-14/h4-8,11H,9-10H2,1-3H3,(H,20,24). The van der Waals surface area contributed by atoms with Crippen molar-refractivity contribution in [3.63, 3.8) is 0 Å². The number of alkyl carbamates (subject to hydrolysis) is 1. The first-order valence-corrected chi connectivity index (χ1v) is 7.85. The predicted octanol–water partition coefficient (Wildman–Crippen LogP) is 2.55.